The van der Waals surface area contributed by atoms with Gasteiger partial charge in [0.2, 0.25) is 5.76 Å². The SMILES string of the molecule is CCOC(=Cc1ccc(OCCN2CCOc3ccccc32)cc1)C(=O)O. The van der Waals surface area contributed by atoms with E-state index in [4.69, 9.17) is 19.3 Å². The summed E-state index contributed by atoms with van der Waals surface area (Å²) in [4.78, 5) is 13.4. The predicted molar refractivity (Wildman–Crippen MR) is 103 cm³/mol. The van der Waals surface area contributed by atoms with Crippen molar-refractivity contribution in [3.8, 4) is 11.5 Å². The highest BCUT2D eigenvalue weighted by molar-refractivity contribution is 5.89. The van der Waals surface area contributed by atoms with Gasteiger partial charge in [-0.15, -0.1) is 0 Å². The van der Waals surface area contributed by atoms with Gasteiger partial charge in [0.15, 0.2) is 0 Å². The number of fused-ring (bicyclic) bond motifs is 1. The van der Waals surface area contributed by atoms with Crippen LogP contribution < -0.4 is 14.4 Å². The lowest BCUT2D eigenvalue weighted by Crippen LogP contribution is -2.35. The molecule has 2 aromatic carbocycles. The number of hydrogen-bond acceptors (Lipinski definition) is 5. The van der Waals surface area contributed by atoms with Crippen molar-refractivity contribution in [1.82, 2.24) is 0 Å². The molecule has 0 amide bonds. The average molecular weight is 369 g/mol. The van der Waals surface area contributed by atoms with Gasteiger partial charge in [0, 0.05) is 0 Å². The number of rotatable bonds is 8. The van der Waals surface area contributed by atoms with E-state index in [1.165, 1.54) is 6.08 Å². The van der Waals surface area contributed by atoms with E-state index in [-0.39, 0.29) is 5.76 Å². The Morgan fingerprint density at radius 3 is 2.74 bits per heavy atom. The molecule has 1 heterocycles. The van der Waals surface area contributed by atoms with Crippen LogP contribution in [0.5, 0.6) is 11.5 Å². The minimum absolute atomic E-state index is 0.0721. The summed E-state index contributed by atoms with van der Waals surface area (Å²) in [6.07, 6.45) is 1.50. The summed E-state index contributed by atoms with van der Waals surface area (Å²) in [5, 5.41) is 9.10. The quantitative estimate of drug-likeness (QED) is 0.568. The number of hydrogen-bond donors (Lipinski definition) is 1. The van der Waals surface area contributed by atoms with E-state index in [9.17, 15) is 4.79 Å². The van der Waals surface area contributed by atoms with Crippen molar-refractivity contribution < 1.29 is 24.1 Å². The van der Waals surface area contributed by atoms with Gasteiger partial charge < -0.3 is 24.2 Å². The van der Waals surface area contributed by atoms with E-state index in [2.05, 4.69) is 4.90 Å². The van der Waals surface area contributed by atoms with Gasteiger partial charge in [0.25, 0.3) is 0 Å². The monoisotopic (exact) mass is 369 g/mol. The zero-order valence-corrected chi connectivity index (χ0v) is 15.3. The number of para-hydroxylation sites is 2. The van der Waals surface area contributed by atoms with E-state index in [1.54, 1.807) is 19.1 Å². The Balaban J connectivity index is 1.55. The number of carboxylic acid groups (broad SMARTS) is 1. The maximum atomic E-state index is 11.1. The Bertz CT molecular complexity index is 800. The second-order valence-corrected chi connectivity index (χ2v) is 5.97. The number of aliphatic carboxylic acids is 1. The highest BCUT2D eigenvalue weighted by atomic mass is 16.5. The molecule has 2 aromatic rings. The minimum Gasteiger partial charge on any atom is -0.492 e. The van der Waals surface area contributed by atoms with Crippen LogP contribution in [0.15, 0.2) is 54.3 Å². The van der Waals surface area contributed by atoms with E-state index in [0.29, 0.717) is 19.8 Å². The van der Waals surface area contributed by atoms with Gasteiger partial charge in [-0.05, 0) is 42.8 Å². The number of anilines is 1. The molecule has 0 aromatic heterocycles. The maximum Gasteiger partial charge on any atom is 0.371 e. The molecule has 1 N–H and O–H groups in total. The summed E-state index contributed by atoms with van der Waals surface area (Å²) < 4.78 is 16.6. The van der Waals surface area contributed by atoms with Crippen LogP contribution in [0.1, 0.15) is 12.5 Å². The van der Waals surface area contributed by atoms with Gasteiger partial charge >= 0.3 is 5.97 Å². The second kappa shape index (κ2) is 8.98. The second-order valence-electron chi connectivity index (χ2n) is 5.97. The summed E-state index contributed by atoms with van der Waals surface area (Å²) in [6, 6.07) is 15.3. The van der Waals surface area contributed by atoms with Gasteiger partial charge in [0.05, 0.1) is 25.4 Å². The first-order chi connectivity index (χ1) is 13.2. The van der Waals surface area contributed by atoms with Crippen molar-refractivity contribution in [3.63, 3.8) is 0 Å². The number of carboxylic acids is 1. The Morgan fingerprint density at radius 2 is 2.00 bits per heavy atom. The molecule has 0 aliphatic carbocycles. The first kappa shape index (κ1) is 18.6. The summed E-state index contributed by atoms with van der Waals surface area (Å²) in [5.74, 6) is 0.491. The summed E-state index contributed by atoms with van der Waals surface area (Å²) in [6.45, 7) is 4.87. The fourth-order valence-electron chi connectivity index (χ4n) is 2.86. The topological polar surface area (TPSA) is 68.2 Å². The Hall–Kier alpha value is -3.15. The lowest BCUT2D eigenvalue weighted by atomic mass is 10.2. The highest BCUT2D eigenvalue weighted by Gasteiger charge is 2.16. The van der Waals surface area contributed by atoms with Crippen molar-refractivity contribution in [3.05, 3.63) is 59.9 Å². The summed E-state index contributed by atoms with van der Waals surface area (Å²) in [5.41, 5.74) is 1.83. The van der Waals surface area contributed by atoms with E-state index in [0.717, 1.165) is 35.8 Å². The molecule has 0 spiro atoms. The molecule has 27 heavy (non-hydrogen) atoms. The smallest absolute Gasteiger partial charge is 0.371 e. The van der Waals surface area contributed by atoms with Crippen LogP contribution >= 0.6 is 0 Å². The molecule has 6 heteroatoms. The van der Waals surface area contributed by atoms with E-state index < -0.39 is 5.97 Å². The van der Waals surface area contributed by atoms with Gasteiger partial charge in [-0.25, -0.2) is 4.79 Å². The van der Waals surface area contributed by atoms with Crippen LogP contribution in [0, 0.1) is 0 Å². The third kappa shape index (κ3) is 4.94. The number of carbonyl (C=O) groups is 1. The zero-order valence-electron chi connectivity index (χ0n) is 15.3. The average Bonchev–Trinajstić information content (AvgIpc) is 2.69. The molecule has 3 rings (SSSR count). The standard InChI is InChI=1S/C21H23NO5/c1-2-25-20(21(23)24)15-16-7-9-17(10-8-16)26-13-11-22-12-14-27-19-6-4-3-5-18(19)22/h3-10,15H,2,11-14H2,1H3,(H,23,24). The molecular formula is C21H23NO5. The summed E-state index contributed by atoms with van der Waals surface area (Å²) >= 11 is 0. The van der Waals surface area contributed by atoms with Crippen LogP contribution in [-0.2, 0) is 9.53 Å². The maximum absolute atomic E-state index is 11.1. The van der Waals surface area contributed by atoms with Crippen molar-refractivity contribution in [2.24, 2.45) is 0 Å². The fraction of sp³-hybridized carbons (Fsp3) is 0.286. The molecule has 1 aliphatic heterocycles. The number of ether oxygens (including phenoxy) is 3. The van der Waals surface area contributed by atoms with Crippen LogP contribution in [0.25, 0.3) is 6.08 Å². The molecule has 142 valence electrons. The molecule has 0 unspecified atom stereocenters. The van der Waals surface area contributed by atoms with E-state index >= 15 is 0 Å². The van der Waals surface area contributed by atoms with E-state index in [1.807, 2.05) is 36.4 Å². The number of benzene rings is 2. The molecule has 0 bridgehead atoms. The van der Waals surface area contributed by atoms with Crippen molar-refractivity contribution in [2.75, 3.05) is 37.8 Å². The number of nitrogens with zero attached hydrogens (tertiary/aromatic N) is 1. The first-order valence-corrected chi connectivity index (χ1v) is 8.95. The van der Waals surface area contributed by atoms with Crippen molar-refractivity contribution >= 4 is 17.7 Å². The molecule has 0 radical (unpaired) electrons. The summed E-state index contributed by atoms with van der Waals surface area (Å²) in [7, 11) is 0. The molecule has 0 saturated heterocycles. The zero-order chi connectivity index (χ0) is 19.1. The fourth-order valence-corrected chi connectivity index (χ4v) is 2.86. The third-order valence-corrected chi connectivity index (χ3v) is 4.14. The van der Waals surface area contributed by atoms with Crippen molar-refractivity contribution in [1.29, 1.82) is 0 Å². The highest BCUT2D eigenvalue weighted by Crippen LogP contribution is 2.30. The minimum atomic E-state index is -1.08. The predicted octanol–water partition coefficient (Wildman–Crippen LogP) is 3.43. The molecule has 0 atom stereocenters. The molecule has 0 saturated carbocycles. The van der Waals surface area contributed by atoms with Gasteiger partial charge in [0.1, 0.15) is 24.7 Å². The normalized spacial score (nSPS) is 13.5. The lowest BCUT2D eigenvalue weighted by Gasteiger charge is -2.31. The van der Waals surface area contributed by atoms with Gasteiger partial charge in [-0.2, -0.15) is 0 Å². The molecule has 1 aliphatic rings. The van der Waals surface area contributed by atoms with Crippen LogP contribution in [0.3, 0.4) is 0 Å². The third-order valence-electron chi connectivity index (χ3n) is 4.14. The van der Waals surface area contributed by atoms with Gasteiger partial charge in [-0.3, -0.25) is 0 Å². The van der Waals surface area contributed by atoms with Crippen LogP contribution in [0.2, 0.25) is 0 Å². The van der Waals surface area contributed by atoms with Crippen LogP contribution in [0.4, 0.5) is 5.69 Å². The lowest BCUT2D eigenvalue weighted by molar-refractivity contribution is -0.136. The largest absolute Gasteiger partial charge is 0.492 e. The Morgan fingerprint density at radius 1 is 1.22 bits per heavy atom. The molecule has 0 fully saturated rings. The molecule has 6 nitrogen and oxygen atoms in total. The molecular weight excluding hydrogens is 346 g/mol. The van der Waals surface area contributed by atoms with Gasteiger partial charge in [-0.1, -0.05) is 24.3 Å². The Labute approximate surface area is 158 Å². The van der Waals surface area contributed by atoms with Crippen LogP contribution in [-0.4, -0.2) is 44.0 Å². The first-order valence-electron chi connectivity index (χ1n) is 8.95. The van der Waals surface area contributed by atoms with Crippen molar-refractivity contribution in [2.45, 2.75) is 6.92 Å². The Kier molecular flexibility index (Phi) is 6.20.